The van der Waals surface area contributed by atoms with Crippen molar-refractivity contribution in [3.8, 4) is 5.75 Å². The Kier molecular flexibility index (Phi) is 4.11. The molecule has 1 N–H and O–H groups in total. The van der Waals surface area contributed by atoms with Crippen LogP contribution in [0.15, 0.2) is 53.5 Å². The highest BCUT2D eigenvalue weighted by atomic mass is 19.3. The van der Waals surface area contributed by atoms with Gasteiger partial charge in [-0.15, -0.1) is 0 Å². The molecule has 1 aromatic carbocycles. The third-order valence-electron chi connectivity index (χ3n) is 4.43. The predicted octanol–water partition coefficient (Wildman–Crippen LogP) is 2.27. The maximum atomic E-state index is 14.2. The Morgan fingerprint density at radius 3 is 2.75 bits per heavy atom. The summed E-state index contributed by atoms with van der Waals surface area (Å²) in [6.45, 7) is 1.05. The van der Waals surface area contributed by atoms with E-state index < -0.39 is 23.7 Å². The molecule has 1 atom stereocenters. The lowest BCUT2D eigenvalue weighted by Crippen LogP contribution is -2.50. The number of fused-ring (bicyclic) bond motifs is 2. The quantitative estimate of drug-likeness (QED) is 0.745. The topological polar surface area (TPSA) is 84.1 Å². The van der Waals surface area contributed by atoms with Crippen LogP contribution in [0.25, 0.3) is 5.65 Å². The SMILES string of the molecule is CC(O)c1cccc2c1OC(F)(F)C(=O)N2Cc1cc(=O)n2ccccc2n1. The number of hydrogen-bond donors (Lipinski definition) is 1. The third-order valence-corrected chi connectivity index (χ3v) is 4.43. The molecule has 1 aliphatic heterocycles. The van der Waals surface area contributed by atoms with Crippen molar-refractivity contribution in [3.63, 3.8) is 0 Å². The van der Waals surface area contributed by atoms with Crippen molar-refractivity contribution in [1.29, 1.82) is 0 Å². The summed E-state index contributed by atoms with van der Waals surface area (Å²) in [7, 11) is 0. The number of carbonyl (C=O) groups is 1. The monoisotopic (exact) mass is 387 g/mol. The van der Waals surface area contributed by atoms with E-state index in [0.29, 0.717) is 5.65 Å². The molecule has 0 fully saturated rings. The minimum atomic E-state index is -4.11. The maximum Gasteiger partial charge on any atom is 0.483 e. The molecule has 1 amide bonds. The standard InChI is InChI=1S/C19H15F2N3O4/c1-11(25)13-5-4-6-14-17(13)28-19(20,21)18(27)24(14)10-12-9-16(26)23-8-3-2-7-15(23)22-12/h2-9,11,25H,10H2,1H3. The number of para-hydroxylation sites is 1. The zero-order valence-electron chi connectivity index (χ0n) is 14.7. The van der Waals surface area contributed by atoms with Crippen LogP contribution < -0.4 is 15.2 Å². The lowest BCUT2D eigenvalue weighted by molar-refractivity contribution is -0.193. The third kappa shape index (κ3) is 2.89. The number of alkyl halides is 2. The smallest absolute Gasteiger partial charge is 0.423 e. The van der Waals surface area contributed by atoms with E-state index in [2.05, 4.69) is 9.72 Å². The number of amides is 1. The molecule has 0 saturated heterocycles. The van der Waals surface area contributed by atoms with Gasteiger partial charge >= 0.3 is 12.0 Å². The second-order valence-electron chi connectivity index (χ2n) is 6.40. The van der Waals surface area contributed by atoms with E-state index in [-0.39, 0.29) is 29.2 Å². The lowest BCUT2D eigenvalue weighted by atomic mass is 10.1. The van der Waals surface area contributed by atoms with Crippen LogP contribution in [0.1, 0.15) is 24.3 Å². The molecule has 1 unspecified atom stereocenters. The second-order valence-corrected chi connectivity index (χ2v) is 6.40. The number of benzene rings is 1. The number of hydrogen-bond acceptors (Lipinski definition) is 5. The van der Waals surface area contributed by atoms with E-state index in [1.165, 1.54) is 41.8 Å². The highest BCUT2D eigenvalue weighted by molar-refractivity contribution is 6.01. The van der Waals surface area contributed by atoms with Gasteiger partial charge in [0.15, 0.2) is 5.75 Å². The van der Waals surface area contributed by atoms with Gasteiger partial charge in [0.05, 0.1) is 24.0 Å². The van der Waals surface area contributed by atoms with Crippen LogP contribution in [-0.4, -0.2) is 26.5 Å². The number of aliphatic hydroxyl groups excluding tert-OH is 1. The average molecular weight is 387 g/mol. The first kappa shape index (κ1) is 18.1. The normalized spacial score (nSPS) is 16.6. The average Bonchev–Trinajstić information content (AvgIpc) is 2.64. The fraction of sp³-hybridized carbons (Fsp3) is 0.211. The van der Waals surface area contributed by atoms with Crippen LogP contribution in [0.2, 0.25) is 0 Å². The van der Waals surface area contributed by atoms with Gasteiger partial charge in [0.1, 0.15) is 5.65 Å². The Morgan fingerprint density at radius 1 is 1.21 bits per heavy atom. The summed E-state index contributed by atoms with van der Waals surface area (Å²) < 4.78 is 34.4. The number of rotatable bonds is 3. The Bertz CT molecular complexity index is 1140. The molecule has 2 aromatic heterocycles. The van der Waals surface area contributed by atoms with Gasteiger partial charge in [0, 0.05) is 17.8 Å². The Balaban J connectivity index is 1.83. The molecule has 0 spiro atoms. The number of carbonyl (C=O) groups excluding carboxylic acids is 1. The number of halogens is 2. The fourth-order valence-electron chi connectivity index (χ4n) is 3.14. The summed E-state index contributed by atoms with van der Waals surface area (Å²) in [6, 6.07) is 10.5. The van der Waals surface area contributed by atoms with E-state index >= 15 is 0 Å². The zero-order chi connectivity index (χ0) is 20.1. The van der Waals surface area contributed by atoms with Crippen LogP contribution in [0.3, 0.4) is 0 Å². The molecule has 28 heavy (non-hydrogen) atoms. The number of nitrogens with zero attached hydrogens (tertiary/aromatic N) is 3. The van der Waals surface area contributed by atoms with Crippen molar-refractivity contribution < 1.29 is 23.4 Å². The van der Waals surface area contributed by atoms with Gasteiger partial charge in [-0.3, -0.25) is 18.9 Å². The van der Waals surface area contributed by atoms with E-state index in [0.717, 1.165) is 4.90 Å². The van der Waals surface area contributed by atoms with Crippen molar-refractivity contribution in [2.75, 3.05) is 4.90 Å². The maximum absolute atomic E-state index is 14.2. The lowest BCUT2D eigenvalue weighted by Gasteiger charge is -2.34. The number of aromatic nitrogens is 2. The van der Waals surface area contributed by atoms with Crippen LogP contribution in [0.4, 0.5) is 14.5 Å². The number of pyridine rings is 1. The molecule has 3 heterocycles. The summed E-state index contributed by atoms with van der Waals surface area (Å²) in [5.74, 6) is -1.85. The number of anilines is 1. The molecule has 0 bridgehead atoms. The fourth-order valence-corrected chi connectivity index (χ4v) is 3.14. The molecule has 9 heteroatoms. The molecule has 0 radical (unpaired) electrons. The number of aliphatic hydroxyl groups is 1. The first-order valence-corrected chi connectivity index (χ1v) is 8.45. The van der Waals surface area contributed by atoms with E-state index in [9.17, 15) is 23.5 Å². The summed E-state index contributed by atoms with van der Waals surface area (Å²) >= 11 is 0. The van der Waals surface area contributed by atoms with Crippen LogP contribution in [-0.2, 0) is 11.3 Å². The zero-order valence-corrected chi connectivity index (χ0v) is 14.7. The van der Waals surface area contributed by atoms with Crippen LogP contribution in [0, 0.1) is 0 Å². The summed E-state index contributed by atoms with van der Waals surface area (Å²) in [5.41, 5.74) is 0.280. The highest BCUT2D eigenvalue weighted by Gasteiger charge is 2.51. The molecule has 3 aromatic rings. The Hall–Kier alpha value is -3.33. The van der Waals surface area contributed by atoms with Gasteiger partial charge in [-0.1, -0.05) is 18.2 Å². The molecule has 0 aliphatic carbocycles. The molecule has 4 rings (SSSR count). The minimum Gasteiger partial charge on any atom is -0.423 e. The first-order valence-electron chi connectivity index (χ1n) is 8.45. The number of ether oxygens (including phenoxy) is 1. The van der Waals surface area contributed by atoms with Crippen molar-refractivity contribution in [2.45, 2.75) is 25.7 Å². The molecule has 0 saturated carbocycles. The predicted molar refractivity (Wildman–Crippen MR) is 95.3 cm³/mol. The van der Waals surface area contributed by atoms with Crippen molar-refractivity contribution in [2.24, 2.45) is 0 Å². The van der Waals surface area contributed by atoms with Crippen LogP contribution in [0.5, 0.6) is 5.75 Å². The molecule has 1 aliphatic rings. The van der Waals surface area contributed by atoms with Crippen molar-refractivity contribution in [1.82, 2.24) is 9.38 Å². The van der Waals surface area contributed by atoms with Gasteiger partial charge in [0.2, 0.25) is 0 Å². The van der Waals surface area contributed by atoms with Crippen LogP contribution >= 0.6 is 0 Å². The first-order chi connectivity index (χ1) is 13.3. The van der Waals surface area contributed by atoms with E-state index in [1.807, 2.05) is 0 Å². The van der Waals surface area contributed by atoms with Crippen molar-refractivity contribution in [3.05, 3.63) is 70.3 Å². The highest BCUT2D eigenvalue weighted by Crippen LogP contribution is 2.43. The minimum absolute atomic E-state index is 0.0735. The largest absolute Gasteiger partial charge is 0.483 e. The Labute approximate surface area is 157 Å². The second kappa shape index (κ2) is 6.38. The van der Waals surface area contributed by atoms with E-state index in [4.69, 9.17) is 0 Å². The van der Waals surface area contributed by atoms with Gasteiger partial charge in [-0.2, -0.15) is 8.78 Å². The van der Waals surface area contributed by atoms with Gasteiger partial charge in [-0.05, 0) is 25.1 Å². The van der Waals surface area contributed by atoms with Crippen molar-refractivity contribution >= 4 is 17.2 Å². The summed E-state index contributed by atoms with van der Waals surface area (Å²) in [6.07, 6.45) is -3.65. The molecule has 7 nitrogen and oxygen atoms in total. The van der Waals surface area contributed by atoms with Gasteiger partial charge in [-0.25, -0.2) is 4.98 Å². The summed E-state index contributed by atoms with van der Waals surface area (Å²) in [5, 5.41) is 9.86. The molecular formula is C19H15F2N3O4. The van der Waals surface area contributed by atoms with Gasteiger partial charge < -0.3 is 9.84 Å². The van der Waals surface area contributed by atoms with Gasteiger partial charge in [0.25, 0.3) is 5.56 Å². The van der Waals surface area contributed by atoms with E-state index in [1.54, 1.807) is 18.2 Å². The summed E-state index contributed by atoms with van der Waals surface area (Å²) in [4.78, 5) is 29.7. The Morgan fingerprint density at radius 2 is 2.00 bits per heavy atom. The molecular weight excluding hydrogens is 372 g/mol. The molecule has 144 valence electrons.